The zero-order chi connectivity index (χ0) is 23.6. The third-order valence-electron chi connectivity index (χ3n) is 5.02. The van der Waals surface area contributed by atoms with Gasteiger partial charge in [-0.15, -0.1) is 0 Å². The third kappa shape index (κ3) is 5.42. The number of carbonyl (C=O) groups is 2. The first-order chi connectivity index (χ1) is 15.7. The summed E-state index contributed by atoms with van der Waals surface area (Å²) in [5.74, 6) is -0.667. The molecule has 172 valence electrons. The minimum atomic E-state index is -4.57. The van der Waals surface area contributed by atoms with E-state index in [1.165, 1.54) is 24.5 Å². The van der Waals surface area contributed by atoms with Crippen molar-refractivity contribution in [3.05, 3.63) is 69.9 Å². The van der Waals surface area contributed by atoms with Gasteiger partial charge in [0.15, 0.2) is 0 Å². The van der Waals surface area contributed by atoms with Gasteiger partial charge in [-0.3, -0.25) is 14.6 Å². The topological polar surface area (TPSA) is 96.0 Å². The second-order valence-electron chi connectivity index (χ2n) is 7.45. The maximum absolute atomic E-state index is 13.2. The number of carbonyl (C=O) groups excluding carboxylic acids is 2. The van der Waals surface area contributed by atoms with Crippen LogP contribution in [0, 0.1) is 0 Å². The molecule has 1 saturated carbocycles. The highest BCUT2D eigenvalue weighted by atomic mass is 35.5. The molecular formula is C21H17ClF3N5O2S. The lowest BCUT2D eigenvalue weighted by atomic mass is 10.1. The Morgan fingerprint density at radius 3 is 2.55 bits per heavy atom. The highest BCUT2D eigenvalue weighted by Crippen LogP contribution is 2.38. The summed E-state index contributed by atoms with van der Waals surface area (Å²) >= 11 is 6.74. The van der Waals surface area contributed by atoms with E-state index in [2.05, 4.69) is 25.3 Å². The van der Waals surface area contributed by atoms with E-state index < -0.39 is 17.3 Å². The number of nitrogens with zero attached hydrogens (tertiary/aromatic N) is 2. The lowest BCUT2D eigenvalue weighted by molar-refractivity contribution is -0.137. The first kappa shape index (κ1) is 23.0. The number of pyridine rings is 1. The van der Waals surface area contributed by atoms with Gasteiger partial charge in [-0.25, -0.2) is 4.37 Å². The maximum Gasteiger partial charge on any atom is 0.418 e. The van der Waals surface area contributed by atoms with Crippen LogP contribution < -0.4 is 16.0 Å². The summed E-state index contributed by atoms with van der Waals surface area (Å²) in [5, 5.41) is 8.16. The van der Waals surface area contributed by atoms with Crippen molar-refractivity contribution >= 4 is 46.3 Å². The number of nitrogens with one attached hydrogen (secondary N) is 3. The Bertz CT molecular complexity index is 1170. The smallest absolute Gasteiger partial charge is 0.354 e. The number of amides is 2. The van der Waals surface area contributed by atoms with Crippen molar-refractivity contribution in [1.29, 1.82) is 0 Å². The average Bonchev–Trinajstić information content (AvgIpc) is 3.33. The monoisotopic (exact) mass is 495 g/mol. The molecule has 0 aliphatic heterocycles. The lowest BCUT2D eigenvalue weighted by Crippen LogP contribution is -2.48. The van der Waals surface area contributed by atoms with Gasteiger partial charge in [-0.05, 0) is 60.8 Å². The van der Waals surface area contributed by atoms with Crippen LogP contribution in [0.4, 0.5) is 24.5 Å². The van der Waals surface area contributed by atoms with E-state index in [0.29, 0.717) is 29.1 Å². The second-order valence-corrected chi connectivity index (χ2v) is 8.72. The number of hydrogen-bond donors (Lipinski definition) is 3. The summed E-state index contributed by atoms with van der Waals surface area (Å²) < 4.78 is 43.6. The highest BCUT2D eigenvalue weighted by Gasteiger charge is 2.51. The summed E-state index contributed by atoms with van der Waals surface area (Å²) in [7, 11) is 0. The predicted octanol–water partition coefficient (Wildman–Crippen LogP) is 4.53. The van der Waals surface area contributed by atoms with E-state index >= 15 is 0 Å². The van der Waals surface area contributed by atoms with Crippen molar-refractivity contribution in [3.63, 3.8) is 0 Å². The Labute approximate surface area is 195 Å². The van der Waals surface area contributed by atoms with Gasteiger partial charge in [0, 0.05) is 11.2 Å². The summed E-state index contributed by atoms with van der Waals surface area (Å²) in [5.41, 5.74) is -1.13. The quantitative estimate of drug-likeness (QED) is 0.447. The van der Waals surface area contributed by atoms with E-state index in [-0.39, 0.29) is 29.1 Å². The standard InChI is InChI=1S/C21H17ClF3N5O2S/c22-12-1-4-16(15(9-12)21(23,24)25)29-14-3-2-13(26-11-14)10-27-19(32)20(6-7-20)30-18(31)17-5-8-28-33-17/h1-5,8-9,11,29H,6-7,10H2,(H,27,32)(H,30,31). The molecule has 1 aliphatic rings. The molecule has 4 rings (SSSR count). The molecule has 7 nitrogen and oxygen atoms in total. The van der Waals surface area contributed by atoms with Crippen LogP contribution in [-0.4, -0.2) is 26.7 Å². The van der Waals surface area contributed by atoms with E-state index in [1.807, 2.05) is 0 Å². The van der Waals surface area contributed by atoms with Crippen molar-refractivity contribution in [2.75, 3.05) is 5.32 Å². The van der Waals surface area contributed by atoms with Gasteiger partial charge in [0.25, 0.3) is 5.91 Å². The molecule has 33 heavy (non-hydrogen) atoms. The average molecular weight is 496 g/mol. The largest absolute Gasteiger partial charge is 0.418 e. The van der Waals surface area contributed by atoms with Crippen LogP contribution >= 0.6 is 23.1 Å². The minimum Gasteiger partial charge on any atom is -0.354 e. The highest BCUT2D eigenvalue weighted by molar-refractivity contribution is 7.08. The Morgan fingerprint density at radius 1 is 1.15 bits per heavy atom. The van der Waals surface area contributed by atoms with E-state index in [0.717, 1.165) is 17.6 Å². The van der Waals surface area contributed by atoms with Crippen LogP contribution in [0.15, 0.2) is 48.8 Å². The molecule has 0 saturated heterocycles. The van der Waals surface area contributed by atoms with E-state index in [9.17, 15) is 22.8 Å². The van der Waals surface area contributed by atoms with Gasteiger partial charge in [-0.1, -0.05) is 11.6 Å². The van der Waals surface area contributed by atoms with Crippen molar-refractivity contribution in [3.8, 4) is 0 Å². The molecule has 1 aliphatic carbocycles. The number of benzene rings is 1. The van der Waals surface area contributed by atoms with Gasteiger partial charge in [0.2, 0.25) is 5.91 Å². The normalized spacial score (nSPS) is 14.4. The molecule has 12 heteroatoms. The molecule has 2 amide bonds. The van der Waals surface area contributed by atoms with Crippen molar-refractivity contribution in [1.82, 2.24) is 20.0 Å². The first-order valence-corrected chi connectivity index (χ1v) is 10.9. The number of aromatic nitrogens is 2. The van der Waals surface area contributed by atoms with Crippen LogP contribution in [-0.2, 0) is 17.5 Å². The van der Waals surface area contributed by atoms with Crippen molar-refractivity contribution in [2.45, 2.75) is 31.1 Å². The minimum absolute atomic E-state index is 0.0197. The number of halogens is 4. The number of alkyl halides is 3. The van der Waals surface area contributed by atoms with Crippen molar-refractivity contribution in [2.24, 2.45) is 0 Å². The van der Waals surface area contributed by atoms with Crippen LogP contribution in [0.2, 0.25) is 5.02 Å². The van der Waals surface area contributed by atoms with Gasteiger partial charge < -0.3 is 16.0 Å². The predicted molar refractivity (Wildman–Crippen MR) is 117 cm³/mol. The van der Waals surface area contributed by atoms with Gasteiger partial charge >= 0.3 is 6.18 Å². The summed E-state index contributed by atoms with van der Waals surface area (Å²) in [4.78, 5) is 29.4. The van der Waals surface area contributed by atoms with Crippen molar-refractivity contribution < 1.29 is 22.8 Å². The van der Waals surface area contributed by atoms with Gasteiger partial charge in [0.05, 0.1) is 35.4 Å². The molecule has 3 N–H and O–H groups in total. The fraction of sp³-hybridized carbons (Fsp3) is 0.238. The summed E-state index contributed by atoms with van der Waals surface area (Å²) in [6.07, 6.45) is -0.626. The summed E-state index contributed by atoms with van der Waals surface area (Å²) in [6.45, 7) is 0.103. The van der Waals surface area contributed by atoms with Gasteiger partial charge in [-0.2, -0.15) is 13.2 Å². The molecule has 1 aromatic carbocycles. The zero-order valence-corrected chi connectivity index (χ0v) is 18.4. The fourth-order valence-electron chi connectivity index (χ4n) is 3.10. The molecule has 2 heterocycles. The lowest BCUT2D eigenvalue weighted by Gasteiger charge is -2.17. The van der Waals surface area contributed by atoms with Gasteiger partial charge in [0.1, 0.15) is 10.4 Å². The number of anilines is 2. The van der Waals surface area contributed by atoms with Crippen LogP contribution in [0.25, 0.3) is 0 Å². The van der Waals surface area contributed by atoms with E-state index in [1.54, 1.807) is 18.2 Å². The molecule has 3 aromatic rings. The third-order valence-corrected chi connectivity index (χ3v) is 6.00. The molecule has 0 spiro atoms. The fourth-order valence-corrected chi connectivity index (χ4v) is 3.77. The van der Waals surface area contributed by atoms with Crippen LogP contribution in [0.5, 0.6) is 0 Å². The Balaban J connectivity index is 1.35. The molecule has 1 fully saturated rings. The summed E-state index contributed by atoms with van der Waals surface area (Å²) in [6, 6.07) is 8.17. The molecule has 2 aromatic heterocycles. The second kappa shape index (κ2) is 8.99. The molecule has 0 atom stereocenters. The first-order valence-electron chi connectivity index (χ1n) is 9.76. The Hall–Kier alpha value is -3.18. The van der Waals surface area contributed by atoms with E-state index in [4.69, 9.17) is 11.6 Å². The zero-order valence-electron chi connectivity index (χ0n) is 16.9. The molecule has 0 bridgehead atoms. The molecule has 0 radical (unpaired) electrons. The number of rotatable bonds is 7. The molecule has 0 unspecified atom stereocenters. The molecular weight excluding hydrogens is 479 g/mol. The van der Waals surface area contributed by atoms with Crippen LogP contribution in [0.3, 0.4) is 0 Å². The Kier molecular flexibility index (Phi) is 6.26. The Morgan fingerprint density at radius 2 is 1.94 bits per heavy atom. The maximum atomic E-state index is 13.2. The SMILES string of the molecule is O=C(NC1(C(=O)NCc2ccc(Nc3ccc(Cl)cc3C(F)(F)F)cn2)CC1)c1ccns1. The van der Waals surface area contributed by atoms with Crippen LogP contribution in [0.1, 0.15) is 33.8 Å². The number of hydrogen-bond acceptors (Lipinski definition) is 6.